The first-order valence-electron chi connectivity index (χ1n) is 10.9. The first-order valence-corrected chi connectivity index (χ1v) is 10.9. The van der Waals surface area contributed by atoms with Gasteiger partial charge in [0.15, 0.2) is 11.5 Å². The molecule has 4 heterocycles. The minimum absolute atomic E-state index is 0.0515. The van der Waals surface area contributed by atoms with Crippen molar-refractivity contribution in [2.45, 2.75) is 18.9 Å². The van der Waals surface area contributed by atoms with Crippen molar-refractivity contribution in [2.75, 3.05) is 32.2 Å². The van der Waals surface area contributed by atoms with Crippen molar-refractivity contribution >= 4 is 18.0 Å². The molecule has 2 aliphatic rings. The molecule has 2 atom stereocenters. The molecular formula is C25H24N4O4. The molecule has 33 heavy (non-hydrogen) atoms. The van der Waals surface area contributed by atoms with Gasteiger partial charge in [-0.2, -0.15) is 10.2 Å². The Kier molecular flexibility index (Phi) is 5.38. The number of rotatable bonds is 5. The predicted octanol–water partition coefficient (Wildman–Crippen LogP) is 3.52. The van der Waals surface area contributed by atoms with Crippen molar-refractivity contribution in [2.24, 2.45) is 5.92 Å². The summed E-state index contributed by atoms with van der Waals surface area (Å²) in [6.07, 6.45) is 4.62. The predicted molar refractivity (Wildman–Crippen MR) is 123 cm³/mol. The van der Waals surface area contributed by atoms with Crippen LogP contribution in [0.3, 0.4) is 0 Å². The molecule has 8 heteroatoms. The van der Waals surface area contributed by atoms with E-state index in [0.717, 1.165) is 24.2 Å². The molecule has 5 rings (SSSR count). The van der Waals surface area contributed by atoms with E-state index in [4.69, 9.17) is 13.9 Å². The molecule has 2 aliphatic heterocycles. The van der Waals surface area contributed by atoms with Crippen LogP contribution in [0.2, 0.25) is 0 Å². The molecule has 0 amide bonds. The maximum atomic E-state index is 12.3. The van der Waals surface area contributed by atoms with Gasteiger partial charge in [-0.3, -0.25) is 4.79 Å². The van der Waals surface area contributed by atoms with Gasteiger partial charge in [0.1, 0.15) is 6.07 Å². The van der Waals surface area contributed by atoms with E-state index >= 15 is 0 Å². The number of pyridine rings is 1. The van der Waals surface area contributed by atoms with Crippen LogP contribution >= 0.6 is 0 Å². The van der Waals surface area contributed by atoms with Gasteiger partial charge in [-0.15, -0.1) is 0 Å². The molecule has 0 saturated carbocycles. The normalized spacial score (nSPS) is 19.2. The second-order valence-electron chi connectivity index (χ2n) is 8.37. The maximum Gasteiger partial charge on any atom is 0.250 e. The maximum absolute atomic E-state index is 12.3. The van der Waals surface area contributed by atoms with E-state index in [9.17, 15) is 10.1 Å². The minimum atomic E-state index is 0.0515. The Morgan fingerprint density at radius 2 is 1.97 bits per heavy atom. The van der Waals surface area contributed by atoms with Crippen molar-refractivity contribution in [3.8, 4) is 17.6 Å². The average Bonchev–Trinajstić information content (AvgIpc) is 3.26. The van der Waals surface area contributed by atoms with Crippen molar-refractivity contribution in [3.05, 3.63) is 69.6 Å². The number of aromatic nitrogens is 2. The van der Waals surface area contributed by atoms with Crippen LogP contribution in [0, 0.1) is 17.2 Å². The van der Waals surface area contributed by atoms with Gasteiger partial charge in [-0.25, -0.2) is 0 Å². The number of nitriles is 1. The number of hydrogen-bond donors (Lipinski definition) is 0. The number of ether oxygens (including phenoxy) is 2. The number of fused-ring (bicyclic) bond motifs is 4. The molecule has 2 bridgehead atoms. The lowest BCUT2D eigenvalue weighted by atomic mass is 9.83. The van der Waals surface area contributed by atoms with Crippen LogP contribution < -0.4 is 19.9 Å². The fraction of sp³-hybridized carbons (Fsp3) is 0.320. The van der Waals surface area contributed by atoms with Gasteiger partial charge >= 0.3 is 0 Å². The molecular weight excluding hydrogens is 420 g/mol. The monoisotopic (exact) mass is 444 g/mol. The van der Waals surface area contributed by atoms with E-state index in [1.54, 1.807) is 26.4 Å². The molecule has 3 aromatic rings. The molecule has 0 radical (unpaired) electrons. The van der Waals surface area contributed by atoms with Crippen molar-refractivity contribution in [1.29, 1.82) is 5.26 Å². The van der Waals surface area contributed by atoms with Crippen LogP contribution in [0.4, 0.5) is 5.88 Å². The highest BCUT2D eigenvalue weighted by Gasteiger charge is 2.36. The van der Waals surface area contributed by atoms with Crippen LogP contribution in [0.15, 0.2) is 45.6 Å². The first-order chi connectivity index (χ1) is 16.1. The van der Waals surface area contributed by atoms with Crippen LogP contribution in [0.1, 0.15) is 35.2 Å². The third kappa shape index (κ3) is 3.87. The third-order valence-electron chi connectivity index (χ3n) is 6.32. The topological polar surface area (TPSA) is 93.5 Å². The molecule has 1 saturated heterocycles. The van der Waals surface area contributed by atoms with Gasteiger partial charge in [0, 0.05) is 43.4 Å². The smallest absolute Gasteiger partial charge is 0.250 e. The Morgan fingerprint density at radius 1 is 1.12 bits per heavy atom. The minimum Gasteiger partial charge on any atom is -0.493 e. The van der Waals surface area contributed by atoms with E-state index in [2.05, 4.69) is 16.0 Å². The fourth-order valence-corrected chi connectivity index (χ4v) is 4.87. The lowest BCUT2D eigenvalue weighted by molar-refractivity contribution is 0.275. The van der Waals surface area contributed by atoms with Gasteiger partial charge < -0.3 is 23.4 Å². The van der Waals surface area contributed by atoms with E-state index in [1.165, 1.54) is 0 Å². The molecule has 8 nitrogen and oxygen atoms in total. The molecule has 1 aromatic carbocycles. The molecule has 2 aromatic heterocycles. The number of oxazole rings is 1. The van der Waals surface area contributed by atoms with Crippen LogP contribution in [0.25, 0.3) is 12.2 Å². The second kappa shape index (κ2) is 8.51. The van der Waals surface area contributed by atoms with Gasteiger partial charge in [0.2, 0.25) is 17.5 Å². The largest absolute Gasteiger partial charge is 0.493 e. The van der Waals surface area contributed by atoms with Crippen LogP contribution in [0.5, 0.6) is 11.5 Å². The van der Waals surface area contributed by atoms with Crippen molar-refractivity contribution in [1.82, 2.24) is 9.55 Å². The standard InChI is InChI=1S/C25H24N4O4/c1-31-21-8-6-16(11-22(21)32-2)7-9-23-27-19(12-26)25(33-23)28-13-17-10-18(15-28)20-4-3-5-24(30)29(20)14-17/h3-9,11,17-18H,10,13-15H2,1-2H3/b9-7+/t17-,18+/m1/s1. The third-order valence-corrected chi connectivity index (χ3v) is 6.32. The van der Waals surface area contributed by atoms with Gasteiger partial charge in [0.05, 0.1) is 14.2 Å². The highest BCUT2D eigenvalue weighted by Crippen LogP contribution is 2.38. The Balaban J connectivity index is 1.40. The lowest BCUT2D eigenvalue weighted by Crippen LogP contribution is -2.47. The molecule has 0 N–H and O–H groups in total. The van der Waals surface area contributed by atoms with Gasteiger partial charge in [-0.1, -0.05) is 12.1 Å². The summed E-state index contributed by atoms with van der Waals surface area (Å²) in [4.78, 5) is 18.7. The summed E-state index contributed by atoms with van der Waals surface area (Å²) in [5, 5.41) is 9.67. The summed E-state index contributed by atoms with van der Waals surface area (Å²) in [6.45, 7) is 2.09. The van der Waals surface area contributed by atoms with Gasteiger partial charge in [-0.05, 0) is 42.2 Å². The molecule has 0 aliphatic carbocycles. The fourth-order valence-electron chi connectivity index (χ4n) is 4.87. The molecule has 0 unspecified atom stereocenters. The number of anilines is 1. The summed E-state index contributed by atoms with van der Waals surface area (Å²) >= 11 is 0. The lowest BCUT2D eigenvalue weighted by Gasteiger charge is -2.42. The van der Waals surface area contributed by atoms with Crippen molar-refractivity contribution < 1.29 is 13.9 Å². The summed E-state index contributed by atoms with van der Waals surface area (Å²) in [5.74, 6) is 2.67. The average molecular weight is 444 g/mol. The quantitative estimate of drug-likeness (QED) is 0.594. The summed E-state index contributed by atoms with van der Waals surface area (Å²) < 4.78 is 18.5. The number of methoxy groups -OCH3 is 2. The van der Waals surface area contributed by atoms with Gasteiger partial charge in [0.25, 0.3) is 5.56 Å². The van der Waals surface area contributed by atoms with Crippen LogP contribution in [-0.4, -0.2) is 36.9 Å². The van der Waals surface area contributed by atoms with E-state index in [1.807, 2.05) is 41.0 Å². The van der Waals surface area contributed by atoms with E-state index in [-0.39, 0.29) is 17.2 Å². The number of piperidine rings is 1. The molecule has 1 fully saturated rings. The van der Waals surface area contributed by atoms with E-state index in [0.29, 0.717) is 42.3 Å². The van der Waals surface area contributed by atoms with Crippen LogP contribution in [-0.2, 0) is 6.54 Å². The highest BCUT2D eigenvalue weighted by molar-refractivity contribution is 5.69. The van der Waals surface area contributed by atoms with E-state index < -0.39 is 0 Å². The zero-order valence-corrected chi connectivity index (χ0v) is 18.5. The Hall–Kier alpha value is -3.99. The van der Waals surface area contributed by atoms with Crippen molar-refractivity contribution in [3.63, 3.8) is 0 Å². The Morgan fingerprint density at radius 3 is 2.76 bits per heavy atom. The number of benzene rings is 1. The number of nitrogens with zero attached hydrogens (tertiary/aromatic N) is 4. The zero-order chi connectivity index (χ0) is 22.9. The summed E-state index contributed by atoms with van der Waals surface area (Å²) in [5.41, 5.74) is 2.26. The Bertz CT molecular complexity index is 1320. The summed E-state index contributed by atoms with van der Waals surface area (Å²) in [7, 11) is 3.18. The molecule has 168 valence electrons. The number of hydrogen-bond acceptors (Lipinski definition) is 7. The SMILES string of the molecule is COc1ccc(/C=C/c2nc(C#N)c(N3C[C@H]4C[C@@H](C3)c3cccc(=O)n3C4)o2)cc1OC. The Labute approximate surface area is 191 Å². The highest BCUT2D eigenvalue weighted by atomic mass is 16.5. The molecule has 0 spiro atoms. The second-order valence-corrected chi connectivity index (χ2v) is 8.37. The summed E-state index contributed by atoms with van der Waals surface area (Å²) in [6, 6.07) is 13.2. The first kappa shape index (κ1) is 20.9. The zero-order valence-electron chi connectivity index (χ0n) is 18.5.